The van der Waals surface area contributed by atoms with Gasteiger partial charge >= 0.3 is 0 Å². The van der Waals surface area contributed by atoms with E-state index in [2.05, 4.69) is 19.2 Å². The molecule has 1 aliphatic rings. The predicted molar refractivity (Wildman–Crippen MR) is 117 cm³/mol. The van der Waals surface area contributed by atoms with E-state index in [1.54, 1.807) is 19.2 Å². The molecule has 1 aliphatic heterocycles. The molecular weight excluding hydrogens is 416 g/mol. The Labute approximate surface area is 183 Å². The van der Waals surface area contributed by atoms with Crippen molar-refractivity contribution in [3.8, 4) is 5.75 Å². The maximum absolute atomic E-state index is 12.6. The lowest BCUT2D eigenvalue weighted by Gasteiger charge is -2.22. The van der Waals surface area contributed by atoms with Crippen molar-refractivity contribution in [2.75, 3.05) is 13.7 Å². The summed E-state index contributed by atoms with van der Waals surface area (Å²) in [6.45, 7) is 4.15. The van der Waals surface area contributed by atoms with Crippen LogP contribution in [0.3, 0.4) is 0 Å². The minimum atomic E-state index is -3.84. The Morgan fingerprint density at radius 3 is 2.39 bits per heavy atom. The number of sulfonamides is 1. The van der Waals surface area contributed by atoms with Gasteiger partial charge in [-0.05, 0) is 48.6 Å². The Bertz CT molecular complexity index is 1050. The molecule has 7 nitrogen and oxygen atoms in total. The molecule has 3 rings (SSSR count). The fourth-order valence-corrected chi connectivity index (χ4v) is 5.30. The molecule has 0 fully saturated rings. The van der Waals surface area contributed by atoms with Gasteiger partial charge < -0.3 is 10.1 Å². The van der Waals surface area contributed by atoms with Gasteiger partial charge in [0, 0.05) is 13.0 Å². The molecule has 1 N–H and O–H groups in total. The van der Waals surface area contributed by atoms with Gasteiger partial charge in [-0.1, -0.05) is 38.1 Å². The summed E-state index contributed by atoms with van der Waals surface area (Å²) in [6.07, 6.45) is 1.15. The summed E-state index contributed by atoms with van der Waals surface area (Å²) < 4.78 is 31.3. The van der Waals surface area contributed by atoms with Gasteiger partial charge in [0.1, 0.15) is 10.6 Å². The molecule has 2 aromatic rings. The lowest BCUT2D eigenvalue weighted by atomic mass is 9.96. The maximum Gasteiger partial charge on any atom is 0.269 e. The van der Waals surface area contributed by atoms with Crippen LogP contribution in [0.1, 0.15) is 55.1 Å². The summed E-state index contributed by atoms with van der Waals surface area (Å²) in [6, 6.07) is 13.6. The summed E-state index contributed by atoms with van der Waals surface area (Å²) in [7, 11) is -2.24. The lowest BCUT2D eigenvalue weighted by molar-refractivity contribution is -0.122. The van der Waals surface area contributed by atoms with Crippen LogP contribution in [0.25, 0.3) is 0 Å². The second-order valence-corrected chi connectivity index (χ2v) is 9.84. The summed E-state index contributed by atoms with van der Waals surface area (Å²) in [5.41, 5.74) is 1.17. The van der Waals surface area contributed by atoms with E-state index in [9.17, 15) is 18.0 Å². The zero-order valence-corrected chi connectivity index (χ0v) is 18.8. The zero-order valence-electron chi connectivity index (χ0n) is 18.0. The first-order chi connectivity index (χ1) is 14.7. The largest absolute Gasteiger partial charge is 0.497 e. The molecule has 8 heteroatoms. The molecule has 166 valence electrons. The summed E-state index contributed by atoms with van der Waals surface area (Å²) in [5.74, 6) is 0.407. The molecule has 0 spiro atoms. The molecule has 1 atom stereocenters. The Kier molecular flexibility index (Phi) is 7.00. The zero-order chi connectivity index (χ0) is 22.6. The highest BCUT2D eigenvalue weighted by Gasteiger charge is 2.40. The van der Waals surface area contributed by atoms with Crippen molar-refractivity contribution in [3.63, 3.8) is 0 Å². The van der Waals surface area contributed by atoms with Gasteiger partial charge in [-0.15, -0.1) is 0 Å². The van der Waals surface area contributed by atoms with Crippen molar-refractivity contribution in [1.29, 1.82) is 0 Å². The first-order valence-electron chi connectivity index (χ1n) is 10.3. The van der Waals surface area contributed by atoms with Gasteiger partial charge in [0.25, 0.3) is 15.9 Å². The van der Waals surface area contributed by atoms with E-state index >= 15 is 0 Å². The standard InChI is InChI=1S/C23H28N2O5S/c1-16(2)15-20(17-10-12-18(30-3)13-11-17)24-22(26)9-6-14-25-23(27)19-7-4-5-8-21(19)31(25,28)29/h4-5,7-8,10-13,16,20H,6,9,14-15H2,1-3H3,(H,24,26)/t20-/m0/s1. The van der Waals surface area contributed by atoms with Crippen LogP contribution >= 0.6 is 0 Å². The molecule has 2 amide bonds. The van der Waals surface area contributed by atoms with E-state index in [0.29, 0.717) is 5.92 Å². The molecule has 31 heavy (non-hydrogen) atoms. The minimum absolute atomic E-state index is 0.0271. The smallest absolute Gasteiger partial charge is 0.269 e. The van der Waals surface area contributed by atoms with Gasteiger partial charge in [0.05, 0.1) is 18.7 Å². The van der Waals surface area contributed by atoms with Crippen LogP contribution in [0.2, 0.25) is 0 Å². The van der Waals surface area contributed by atoms with Crippen molar-refractivity contribution in [2.45, 2.75) is 44.0 Å². The number of nitrogens with one attached hydrogen (secondary N) is 1. The number of methoxy groups -OCH3 is 1. The monoisotopic (exact) mass is 444 g/mol. The molecule has 0 bridgehead atoms. The second-order valence-electron chi connectivity index (χ2n) is 8.00. The average molecular weight is 445 g/mol. The lowest BCUT2D eigenvalue weighted by Crippen LogP contribution is -2.33. The number of benzene rings is 2. The van der Waals surface area contributed by atoms with Crippen LogP contribution in [-0.2, 0) is 14.8 Å². The molecule has 0 saturated heterocycles. The fourth-order valence-electron chi connectivity index (χ4n) is 3.69. The summed E-state index contributed by atoms with van der Waals surface area (Å²) in [4.78, 5) is 25.1. The third-order valence-corrected chi connectivity index (χ3v) is 7.08. The van der Waals surface area contributed by atoms with E-state index in [1.807, 2.05) is 24.3 Å². The number of carbonyl (C=O) groups excluding carboxylic acids is 2. The molecule has 0 aliphatic carbocycles. The van der Waals surface area contributed by atoms with Crippen LogP contribution in [0, 0.1) is 5.92 Å². The highest BCUT2D eigenvalue weighted by atomic mass is 32.2. The molecule has 0 saturated carbocycles. The highest BCUT2D eigenvalue weighted by molar-refractivity contribution is 7.90. The third kappa shape index (κ3) is 5.07. The van der Waals surface area contributed by atoms with Crippen molar-refractivity contribution in [3.05, 3.63) is 59.7 Å². The molecule has 0 radical (unpaired) electrons. The maximum atomic E-state index is 12.6. The first kappa shape index (κ1) is 22.8. The van der Waals surface area contributed by atoms with Gasteiger partial charge in [-0.2, -0.15) is 0 Å². The average Bonchev–Trinajstić information content (AvgIpc) is 2.94. The van der Waals surface area contributed by atoms with Crippen molar-refractivity contribution in [1.82, 2.24) is 9.62 Å². The van der Waals surface area contributed by atoms with Crippen molar-refractivity contribution < 1.29 is 22.7 Å². The van der Waals surface area contributed by atoms with Gasteiger partial charge in [-0.25, -0.2) is 12.7 Å². The van der Waals surface area contributed by atoms with Crippen LogP contribution in [0.15, 0.2) is 53.4 Å². The Hall–Kier alpha value is -2.87. The number of hydrogen-bond acceptors (Lipinski definition) is 5. The SMILES string of the molecule is COc1ccc([C@H](CC(C)C)NC(=O)CCCN2C(=O)c3ccccc3S2(=O)=O)cc1. The molecular formula is C23H28N2O5S. The van der Waals surface area contributed by atoms with Crippen LogP contribution in [0.5, 0.6) is 5.75 Å². The Morgan fingerprint density at radius 2 is 1.77 bits per heavy atom. The van der Waals surface area contributed by atoms with Crippen molar-refractivity contribution in [2.24, 2.45) is 5.92 Å². The second kappa shape index (κ2) is 9.51. The highest BCUT2D eigenvalue weighted by Crippen LogP contribution is 2.30. The minimum Gasteiger partial charge on any atom is -0.497 e. The normalized spacial score (nSPS) is 15.6. The number of ether oxygens (including phenoxy) is 1. The van der Waals surface area contributed by atoms with Gasteiger partial charge in [0.15, 0.2) is 0 Å². The van der Waals surface area contributed by atoms with E-state index in [-0.39, 0.29) is 41.8 Å². The van der Waals surface area contributed by atoms with Crippen molar-refractivity contribution >= 4 is 21.8 Å². The summed E-state index contributed by atoms with van der Waals surface area (Å²) in [5, 5.41) is 3.04. The van der Waals surface area contributed by atoms with Crippen LogP contribution < -0.4 is 10.1 Å². The number of hydrogen-bond donors (Lipinski definition) is 1. The molecule has 2 aromatic carbocycles. The number of amides is 2. The van der Waals surface area contributed by atoms with Gasteiger partial charge in [0.2, 0.25) is 5.91 Å². The van der Waals surface area contributed by atoms with E-state index in [4.69, 9.17) is 4.74 Å². The van der Waals surface area contributed by atoms with Crippen LogP contribution in [0.4, 0.5) is 0 Å². The van der Waals surface area contributed by atoms with E-state index in [1.165, 1.54) is 12.1 Å². The molecule has 1 heterocycles. The number of rotatable bonds is 9. The fraction of sp³-hybridized carbons (Fsp3) is 0.391. The number of carbonyl (C=O) groups is 2. The third-order valence-electron chi connectivity index (χ3n) is 5.24. The topological polar surface area (TPSA) is 92.8 Å². The Balaban J connectivity index is 1.60. The quantitative estimate of drug-likeness (QED) is 0.639. The Morgan fingerprint density at radius 1 is 1.10 bits per heavy atom. The van der Waals surface area contributed by atoms with Crippen LogP contribution in [-0.4, -0.2) is 38.2 Å². The van der Waals surface area contributed by atoms with Gasteiger partial charge in [-0.3, -0.25) is 9.59 Å². The first-order valence-corrected chi connectivity index (χ1v) is 11.8. The predicted octanol–water partition coefficient (Wildman–Crippen LogP) is 3.52. The molecule has 0 unspecified atom stereocenters. The number of nitrogens with zero attached hydrogens (tertiary/aromatic N) is 1. The van der Waals surface area contributed by atoms with E-state index in [0.717, 1.165) is 22.0 Å². The summed E-state index contributed by atoms with van der Waals surface area (Å²) >= 11 is 0. The number of fused-ring (bicyclic) bond motifs is 1. The molecule has 0 aromatic heterocycles. The van der Waals surface area contributed by atoms with E-state index < -0.39 is 15.9 Å².